The predicted molar refractivity (Wildman–Crippen MR) is 119 cm³/mol. The molecule has 6 rings (SSSR count). The van der Waals surface area contributed by atoms with Gasteiger partial charge in [0.1, 0.15) is 17.8 Å². The largest absolute Gasteiger partial charge is 0.332 e. The molecule has 4 heterocycles. The Bertz CT molecular complexity index is 1410. The van der Waals surface area contributed by atoms with E-state index in [1.807, 2.05) is 25.1 Å². The summed E-state index contributed by atoms with van der Waals surface area (Å²) in [7, 11) is 0. The van der Waals surface area contributed by atoms with Crippen LogP contribution >= 0.6 is 0 Å². The van der Waals surface area contributed by atoms with Gasteiger partial charge in [0.2, 0.25) is 0 Å². The molecule has 4 amide bonds. The van der Waals surface area contributed by atoms with Crippen LogP contribution in [0.5, 0.6) is 0 Å². The maximum atomic E-state index is 13.6. The number of urea groups is 1. The van der Waals surface area contributed by atoms with Crippen molar-refractivity contribution in [2.45, 2.75) is 31.5 Å². The van der Waals surface area contributed by atoms with Crippen LogP contribution in [0.4, 0.5) is 10.5 Å². The van der Waals surface area contributed by atoms with Crippen molar-refractivity contribution in [2.75, 3.05) is 11.4 Å². The highest BCUT2D eigenvalue weighted by atomic mass is 16.2. The van der Waals surface area contributed by atoms with E-state index in [0.29, 0.717) is 35.0 Å². The normalized spacial score (nSPS) is 23.4. The van der Waals surface area contributed by atoms with Gasteiger partial charge < -0.3 is 9.80 Å². The molecule has 0 spiro atoms. The van der Waals surface area contributed by atoms with Gasteiger partial charge in [-0.05, 0) is 25.5 Å². The van der Waals surface area contributed by atoms with Gasteiger partial charge in [-0.15, -0.1) is 0 Å². The molecule has 162 valence electrons. The number of anilines is 1. The Morgan fingerprint density at radius 2 is 1.91 bits per heavy atom. The molecular weight excluding hydrogens is 418 g/mol. The van der Waals surface area contributed by atoms with Crippen molar-refractivity contribution in [1.82, 2.24) is 14.8 Å². The average molecular weight is 437 g/mol. The van der Waals surface area contributed by atoms with Crippen molar-refractivity contribution in [3.05, 3.63) is 71.5 Å². The smallest absolute Gasteiger partial charge is 0.331 e. The third-order valence-electron chi connectivity index (χ3n) is 6.91. The van der Waals surface area contributed by atoms with E-state index in [1.54, 1.807) is 40.1 Å². The average Bonchev–Trinajstić information content (AvgIpc) is 3.49. The molecule has 1 aromatic heterocycles. The molecule has 2 unspecified atom stereocenters. The predicted octanol–water partition coefficient (Wildman–Crippen LogP) is 2.85. The number of aromatic nitrogens is 1. The molecule has 3 aromatic rings. The van der Waals surface area contributed by atoms with E-state index in [4.69, 9.17) is 0 Å². The number of likely N-dealkylation sites (tertiary alicyclic amines) is 1. The van der Waals surface area contributed by atoms with Gasteiger partial charge >= 0.3 is 6.03 Å². The van der Waals surface area contributed by atoms with Gasteiger partial charge in [-0.25, -0.2) is 14.7 Å². The monoisotopic (exact) mass is 437 g/mol. The van der Waals surface area contributed by atoms with Gasteiger partial charge in [-0.3, -0.25) is 9.59 Å². The summed E-state index contributed by atoms with van der Waals surface area (Å²) in [6.07, 6.45) is 2.01. The summed E-state index contributed by atoms with van der Waals surface area (Å²) in [5, 5.41) is 10.6. The highest BCUT2D eigenvalue weighted by Crippen LogP contribution is 2.43. The molecule has 0 N–H and O–H groups in total. The van der Waals surface area contributed by atoms with E-state index in [1.165, 1.54) is 11.1 Å². The number of hydrogen-bond acceptors (Lipinski definition) is 5. The fourth-order valence-corrected chi connectivity index (χ4v) is 5.50. The Morgan fingerprint density at radius 3 is 2.67 bits per heavy atom. The van der Waals surface area contributed by atoms with Crippen LogP contribution in [0.2, 0.25) is 0 Å². The van der Waals surface area contributed by atoms with E-state index in [-0.39, 0.29) is 29.6 Å². The summed E-state index contributed by atoms with van der Waals surface area (Å²) < 4.78 is 0. The maximum Gasteiger partial charge on any atom is 0.332 e. The number of imide groups is 1. The fourth-order valence-electron chi connectivity index (χ4n) is 5.50. The standard InChI is InChI=1S/C25H19N5O3/c1-14-5-4-6-15(9-14)23(31)28-13-16-10-20(28)22-24(32)30(25(33)29(16)22)21-12-27-19(11-26)17-7-2-3-8-18(17)21/h2-9,12,16,20,22H,10,13H2,1H3/t16?,20?,22-/m1/s1. The van der Waals surface area contributed by atoms with Crippen molar-refractivity contribution in [1.29, 1.82) is 5.26 Å². The minimum Gasteiger partial charge on any atom is -0.331 e. The number of carbonyl (C=O) groups is 3. The van der Waals surface area contributed by atoms with Crippen molar-refractivity contribution in [2.24, 2.45) is 0 Å². The summed E-state index contributed by atoms with van der Waals surface area (Å²) in [4.78, 5) is 48.9. The molecule has 3 aliphatic rings. The number of hydrogen-bond donors (Lipinski definition) is 0. The van der Waals surface area contributed by atoms with Crippen molar-refractivity contribution >= 4 is 34.3 Å². The number of amides is 4. The number of rotatable bonds is 2. The number of piperazine rings is 1. The van der Waals surface area contributed by atoms with Crippen LogP contribution in [0.25, 0.3) is 10.8 Å². The second-order valence-electron chi connectivity index (χ2n) is 8.74. The van der Waals surface area contributed by atoms with Crippen LogP contribution in [0.15, 0.2) is 54.7 Å². The zero-order chi connectivity index (χ0) is 22.9. The quantitative estimate of drug-likeness (QED) is 0.574. The third-order valence-corrected chi connectivity index (χ3v) is 6.91. The Kier molecular flexibility index (Phi) is 4.05. The lowest BCUT2D eigenvalue weighted by Gasteiger charge is -2.35. The molecule has 8 nitrogen and oxygen atoms in total. The fraction of sp³-hybridized carbons (Fsp3) is 0.240. The number of benzene rings is 2. The molecule has 2 bridgehead atoms. The van der Waals surface area contributed by atoms with Crippen LogP contribution in [0, 0.1) is 18.3 Å². The van der Waals surface area contributed by atoms with Gasteiger partial charge in [-0.1, -0.05) is 42.0 Å². The molecule has 3 atom stereocenters. The summed E-state index contributed by atoms with van der Waals surface area (Å²) in [6, 6.07) is 14.9. The lowest BCUT2D eigenvalue weighted by molar-refractivity contribution is -0.121. The van der Waals surface area contributed by atoms with E-state index in [9.17, 15) is 19.6 Å². The molecule has 2 aromatic carbocycles. The summed E-state index contributed by atoms with van der Waals surface area (Å²) in [5.74, 6) is -0.471. The Labute approximate surface area is 189 Å². The molecule has 33 heavy (non-hydrogen) atoms. The highest BCUT2D eigenvalue weighted by Gasteiger charge is 2.63. The molecular formula is C25H19N5O3. The SMILES string of the molecule is Cc1cccc(C(=O)N2CC3CC2[C@@H]2C(=O)N(c4cnc(C#N)c5ccccc45)C(=O)N32)c1. The van der Waals surface area contributed by atoms with Crippen LogP contribution in [0.1, 0.15) is 28.0 Å². The highest BCUT2D eigenvalue weighted by molar-refractivity contribution is 6.25. The Morgan fingerprint density at radius 1 is 1.12 bits per heavy atom. The van der Waals surface area contributed by atoms with Crippen molar-refractivity contribution in [3.8, 4) is 6.07 Å². The molecule has 0 radical (unpaired) electrons. The van der Waals surface area contributed by atoms with Gasteiger partial charge in [0, 0.05) is 22.9 Å². The molecule has 8 heteroatoms. The number of pyridine rings is 1. The zero-order valence-electron chi connectivity index (χ0n) is 17.8. The van der Waals surface area contributed by atoms with Gasteiger partial charge in [0.25, 0.3) is 11.8 Å². The Balaban J connectivity index is 1.37. The van der Waals surface area contributed by atoms with Crippen molar-refractivity contribution < 1.29 is 14.4 Å². The lowest BCUT2D eigenvalue weighted by Crippen LogP contribution is -2.54. The summed E-state index contributed by atoms with van der Waals surface area (Å²) >= 11 is 0. The van der Waals surface area contributed by atoms with E-state index >= 15 is 0 Å². The minimum absolute atomic E-state index is 0.116. The number of nitriles is 1. The van der Waals surface area contributed by atoms with Crippen LogP contribution in [0.3, 0.4) is 0 Å². The first kappa shape index (κ1) is 19.4. The second kappa shape index (κ2) is 6.87. The van der Waals surface area contributed by atoms with Crippen molar-refractivity contribution in [3.63, 3.8) is 0 Å². The number of nitrogens with zero attached hydrogens (tertiary/aromatic N) is 5. The second-order valence-corrected chi connectivity index (χ2v) is 8.74. The van der Waals surface area contributed by atoms with Crippen LogP contribution in [-0.4, -0.2) is 57.3 Å². The molecule has 3 fully saturated rings. The van der Waals surface area contributed by atoms with Gasteiger partial charge in [0.05, 0.1) is 24.0 Å². The van der Waals surface area contributed by atoms with Crippen LogP contribution < -0.4 is 4.90 Å². The maximum absolute atomic E-state index is 13.6. The van der Waals surface area contributed by atoms with Crippen LogP contribution in [-0.2, 0) is 4.79 Å². The lowest BCUT2D eigenvalue weighted by atomic mass is 10.1. The topological polar surface area (TPSA) is 97.6 Å². The third kappa shape index (κ3) is 2.62. The summed E-state index contributed by atoms with van der Waals surface area (Å²) in [5.41, 5.74) is 2.18. The number of aryl methyl sites for hydroxylation is 1. The first-order chi connectivity index (χ1) is 16.0. The zero-order valence-corrected chi connectivity index (χ0v) is 17.8. The first-order valence-electron chi connectivity index (χ1n) is 10.8. The minimum atomic E-state index is -0.709. The molecule has 3 aliphatic heterocycles. The first-order valence-corrected chi connectivity index (χ1v) is 10.8. The number of fused-ring (bicyclic) bond motifs is 6. The van der Waals surface area contributed by atoms with E-state index in [0.717, 1.165) is 5.56 Å². The van der Waals surface area contributed by atoms with Gasteiger partial charge in [0.15, 0.2) is 0 Å². The van der Waals surface area contributed by atoms with Gasteiger partial charge in [-0.2, -0.15) is 5.26 Å². The summed E-state index contributed by atoms with van der Waals surface area (Å²) in [6.45, 7) is 2.34. The van der Waals surface area contributed by atoms with E-state index < -0.39 is 12.1 Å². The Hall–Kier alpha value is -4.25. The van der Waals surface area contributed by atoms with E-state index in [2.05, 4.69) is 11.1 Å². The molecule has 0 saturated carbocycles. The molecule has 3 saturated heterocycles. The number of carbonyl (C=O) groups excluding carboxylic acids is 3. The molecule has 0 aliphatic carbocycles.